The number of alkyl carbamates (subject to hydrolysis) is 1. The molecule has 21 heteroatoms. The van der Waals surface area contributed by atoms with Crippen LogP contribution in [0.15, 0.2) is 117 Å². The molecule has 4 aromatic carbocycles. The number of rotatable bonds is 18. The van der Waals surface area contributed by atoms with Crippen LogP contribution < -0.4 is 20.3 Å². The highest BCUT2D eigenvalue weighted by atomic mass is 35.5. The molecule has 3 N–H and O–H groups in total. The van der Waals surface area contributed by atoms with Gasteiger partial charge in [0.2, 0.25) is 0 Å². The second-order valence-corrected chi connectivity index (χ2v) is 25.1. The number of benzene rings is 4. The second-order valence-electron chi connectivity index (χ2n) is 20.0. The molecule has 73 heavy (non-hydrogen) atoms. The molecular formula is C52H64ClF3N6O8S3. The number of hydrogen-bond donors (Lipinski definition) is 3. The van der Waals surface area contributed by atoms with Crippen LogP contribution in [0.5, 0.6) is 0 Å². The molecule has 2 aliphatic heterocycles. The number of halogens is 4. The van der Waals surface area contributed by atoms with Crippen molar-refractivity contribution < 1.29 is 49.1 Å². The third-order valence-corrected chi connectivity index (χ3v) is 17.4. The van der Waals surface area contributed by atoms with E-state index in [9.17, 15) is 39.6 Å². The zero-order valence-electron chi connectivity index (χ0n) is 41.5. The number of carbonyl (C=O) groups is 2. The number of sulfonamides is 1. The summed E-state index contributed by atoms with van der Waals surface area (Å²) in [6.07, 6.45) is 2.48. The molecule has 2 amide bonds. The molecule has 0 bridgehead atoms. The number of allylic oxidation sites excluding steroid dienone is 1. The first-order chi connectivity index (χ1) is 34.5. The zero-order chi connectivity index (χ0) is 52.6. The van der Waals surface area contributed by atoms with Crippen LogP contribution in [-0.4, -0.2) is 134 Å². The van der Waals surface area contributed by atoms with Gasteiger partial charge in [-0.25, -0.2) is 26.4 Å². The van der Waals surface area contributed by atoms with Crippen molar-refractivity contribution in [2.45, 2.75) is 85.2 Å². The number of nitrogens with zero attached hydrogens (tertiary/aromatic N) is 3. The monoisotopic (exact) mass is 1090 g/mol. The fourth-order valence-corrected chi connectivity index (χ4v) is 12.3. The van der Waals surface area contributed by atoms with Crippen molar-refractivity contribution in [1.82, 2.24) is 19.8 Å². The molecule has 0 aromatic heterocycles. The number of thioether (sulfide) groups is 1. The van der Waals surface area contributed by atoms with E-state index in [0.29, 0.717) is 75.7 Å². The van der Waals surface area contributed by atoms with Gasteiger partial charge in [-0.05, 0) is 130 Å². The number of carbonyl (C=O) groups excluding carboxylic acids is 2. The molecule has 0 unspecified atom stereocenters. The fraction of sp³-hybridized carbons (Fsp3) is 0.462. The molecule has 0 radical (unpaired) electrons. The Morgan fingerprint density at radius 1 is 0.863 bits per heavy atom. The van der Waals surface area contributed by atoms with Crippen molar-refractivity contribution >= 4 is 72.2 Å². The van der Waals surface area contributed by atoms with Crippen LogP contribution in [-0.2, 0) is 29.3 Å². The average molecular weight is 1090 g/mol. The Labute approximate surface area is 436 Å². The van der Waals surface area contributed by atoms with Crippen molar-refractivity contribution in [3.63, 3.8) is 0 Å². The lowest BCUT2D eigenvalue weighted by atomic mass is 9.71. The molecule has 4 aromatic rings. The normalized spacial score (nSPS) is 19.0. The van der Waals surface area contributed by atoms with E-state index >= 15 is 0 Å². The number of sulfone groups is 1. The third-order valence-electron chi connectivity index (χ3n) is 13.1. The van der Waals surface area contributed by atoms with Crippen LogP contribution in [0.2, 0.25) is 5.02 Å². The van der Waals surface area contributed by atoms with E-state index in [0.717, 1.165) is 67.2 Å². The smallest absolute Gasteiger partial charge is 0.444 e. The van der Waals surface area contributed by atoms with Gasteiger partial charge in [-0.1, -0.05) is 54.4 Å². The maximum atomic E-state index is 14.2. The predicted molar refractivity (Wildman–Crippen MR) is 280 cm³/mol. The minimum Gasteiger partial charge on any atom is -0.444 e. The van der Waals surface area contributed by atoms with E-state index in [1.165, 1.54) is 35.0 Å². The molecule has 3 aliphatic rings. The fourth-order valence-electron chi connectivity index (χ4n) is 9.14. The molecule has 1 aliphatic carbocycles. The molecule has 396 valence electrons. The van der Waals surface area contributed by atoms with Crippen LogP contribution >= 0.6 is 23.4 Å². The van der Waals surface area contributed by atoms with Gasteiger partial charge >= 0.3 is 11.6 Å². The van der Waals surface area contributed by atoms with Crippen molar-refractivity contribution in [3.8, 4) is 0 Å². The Bertz CT molecular complexity index is 2800. The highest BCUT2D eigenvalue weighted by molar-refractivity contribution is 7.99. The van der Waals surface area contributed by atoms with Gasteiger partial charge in [-0.2, -0.15) is 13.2 Å². The number of morpholine rings is 1. The average Bonchev–Trinajstić information content (AvgIpc) is 3.34. The van der Waals surface area contributed by atoms with Gasteiger partial charge in [-0.15, -0.1) is 11.8 Å². The zero-order valence-corrected chi connectivity index (χ0v) is 44.7. The van der Waals surface area contributed by atoms with E-state index in [-0.39, 0.29) is 11.0 Å². The quantitative estimate of drug-likeness (QED) is 0.0808. The first kappa shape index (κ1) is 55.9. The number of amides is 2. The summed E-state index contributed by atoms with van der Waals surface area (Å²) in [4.78, 5) is 31.5. The molecule has 2 saturated heterocycles. The molecule has 0 spiro atoms. The molecule has 2 fully saturated rings. The van der Waals surface area contributed by atoms with Crippen molar-refractivity contribution in [2.24, 2.45) is 5.41 Å². The Hall–Kier alpha value is -4.83. The largest absolute Gasteiger partial charge is 0.501 e. The van der Waals surface area contributed by atoms with Crippen LogP contribution in [0, 0.1) is 5.41 Å². The summed E-state index contributed by atoms with van der Waals surface area (Å²) in [5.74, 6) is -0.695. The SMILES string of the molecule is CC(C)(C)OC(=O)NC[C@]1(C)CCC(c2ccc(Cl)cc2)=C(CN2CCN(c3ccc(C(=O)NS(=O)(=O)c4ccc(N[C@H](CCN5CCOCC5)CSc5ccccc5)c(S(=O)(=O)C(F)(F)F)c4)cc3)CC2)C1. The van der Waals surface area contributed by atoms with E-state index in [1.807, 2.05) is 80.1 Å². The lowest BCUT2D eigenvalue weighted by molar-refractivity contribution is -0.0436. The molecule has 2 atom stereocenters. The van der Waals surface area contributed by atoms with E-state index in [1.54, 1.807) is 12.1 Å². The van der Waals surface area contributed by atoms with Crippen molar-refractivity contribution in [1.29, 1.82) is 0 Å². The molecule has 0 saturated carbocycles. The number of ether oxygens (including phenoxy) is 2. The summed E-state index contributed by atoms with van der Waals surface area (Å²) >= 11 is 7.69. The summed E-state index contributed by atoms with van der Waals surface area (Å²) in [6.45, 7) is 14.6. The topological polar surface area (TPSA) is 167 Å². The van der Waals surface area contributed by atoms with Crippen LogP contribution in [0.1, 0.15) is 69.3 Å². The van der Waals surface area contributed by atoms with Gasteiger partial charge in [0.15, 0.2) is 0 Å². The minimum absolute atomic E-state index is 0.0328. The molecule has 2 heterocycles. The third kappa shape index (κ3) is 15.4. The van der Waals surface area contributed by atoms with Crippen LogP contribution in [0.4, 0.5) is 29.3 Å². The maximum absolute atomic E-state index is 14.2. The summed E-state index contributed by atoms with van der Waals surface area (Å²) < 4.78 is 109. The molecular weight excluding hydrogens is 1030 g/mol. The summed E-state index contributed by atoms with van der Waals surface area (Å²) in [6, 6.07) is 25.4. The standard InChI is InChI=1S/C52H64ClF3N6O8S3/c1-50(2,3)70-49(64)57-36-51(4)22-20-45(37-10-14-40(53)15-11-37)39(33-51)34-61-24-26-62(27-25-61)42-16-12-38(13-17-42)48(63)59-73(67,68)44-18-19-46(47(32-44)72(65,66)52(54,55)56)58-41(21-23-60-28-30-69-31-29-60)35-71-43-8-6-5-7-9-43/h5-19,32,41,58H,20-31,33-36H2,1-4H3,(H,57,64)(H,59,63)/t41-,51-/m1/s1. The Kier molecular flexibility index (Phi) is 18.2. The lowest BCUT2D eigenvalue weighted by Gasteiger charge is -2.41. The number of anilines is 2. The van der Waals surface area contributed by atoms with Gasteiger partial charge < -0.3 is 25.0 Å². The van der Waals surface area contributed by atoms with Gasteiger partial charge in [0.1, 0.15) is 10.5 Å². The maximum Gasteiger partial charge on any atom is 0.501 e. The Balaban J connectivity index is 1.00. The second kappa shape index (κ2) is 23.8. The van der Waals surface area contributed by atoms with E-state index in [2.05, 4.69) is 32.3 Å². The van der Waals surface area contributed by atoms with Crippen molar-refractivity contribution in [2.75, 3.05) is 88.1 Å². The van der Waals surface area contributed by atoms with Crippen molar-refractivity contribution in [3.05, 3.63) is 119 Å². The van der Waals surface area contributed by atoms with Gasteiger partial charge in [-0.3, -0.25) is 14.6 Å². The number of alkyl halides is 3. The predicted octanol–water partition coefficient (Wildman–Crippen LogP) is 9.34. The highest BCUT2D eigenvalue weighted by Crippen LogP contribution is 2.43. The van der Waals surface area contributed by atoms with E-state index < -0.39 is 64.5 Å². The van der Waals surface area contributed by atoms with Gasteiger partial charge in [0.05, 0.1) is 23.8 Å². The van der Waals surface area contributed by atoms with Gasteiger partial charge in [0.25, 0.3) is 25.8 Å². The number of piperazine rings is 1. The Morgan fingerprint density at radius 3 is 2.18 bits per heavy atom. The van der Waals surface area contributed by atoms with Gasteiger partial charge in [0, 0.05) is 91.9 Å². The minimum atomic E-state index is -6.08. The first-order valence-corrected chi connectivity index (χ1v) is 28.6. The number of nitrogens with one attached hydrogen (secondary N) is 3. The van der Waals surface area contributed by atoms with E-state index in [4.69, 9.17) is 21.1 Å². The summed E-state index contributed by atoms with van der Waals surface area (Å²) in [5.41, 5.74) is -2.51. The highest BCUT2D eigenvalue weighted by Gasteiger charge is 2.48. The van der Waals surface area contributed by atoms with Crippen LogP contribution in [0.3, 0.4) is 0 Å². The molecule has 14 nitrogen and oxygen atoms in total. The summed E-state index contributed by atoms with van der Waals surface area (Å²) in [5, 5.41) is 6.64. The molecule has 7 rings (SSSR count). The first-order valence-electron chi connectivity index (χ1n) is 24.3. The summed E-state index contributed by atoms with van der Waals surface area (Å²) in [7, 11) is -11.0. The number of hydrogen-bond acceptors (Lipinski definition) is 13. The lowest BCUT2D eigenvalue weighted by Crippen LogP contribution is -2.47. The van der Waals surface area contributed by atoms with Crippen LogP contribution in [0.25, 0.3) is 5.57 Å². The Morgan fingerprint density at radius 2 is 1.53 bits per heavy atom.